The summed E-state index contributed by atoms with van der Waals surface area (Å²) in [6.45, 7) is 3.09. The van der Waals surface area contributed by atoms with Crippen molar-refractivity contribution in [2.75, 3.05) is 0 Å². The van der Waals surface area contributed by atoms with Crippen molar-refractivity contribution in [3.05, 3.63) is 75.5 Å². The number of rotatable bonds is 9. The summed E-state index contributed by atoms with van der Waals surface area (Å²) in [7, 11) is 0. The highest BCUT2D eigenvalue weighted by atomic mass is 32.5. The summed E-state index contributed by atoms with van der Waals surface area (Å²) in [6, 6.07) is 8.59. The second kappa shape index (κ2) is 12.6. The fourth-order valence-electron chi connectivity index (χ4n) is 3.41. The zero-order valence-corrected chi connectivity index (χ0v) is 23.4. The molecule has 5 atom stereocenters. The van der Waals surface area contributed by atoms with E-state index in [2.05, 4.69) is 21.9 Å². The molecule has 0 radical (unpaired) electrons. The molecule has 3 rings (SSSR count). The third-order valence-corrected chi connectivity index (χ3v) is 7.55. The van der Waals surface area contributed by atoms with Gasteiger partial charge in [-0.25, -0.2) is 9.88 Å². The average Bonchev–Trinajstić information content (AvgIpc) is 3.11. The van der Waals surface area contributed by atoms with Crippen LogP contribution >= 0.6 is 6.64 Å². The number of esters is 1. The quantitative estimate of drug-likeness (QED) is 0.148. The maximum Gasteiger partial charge on any atom is 0.365 e. The summed E-state index contributed by atoms with van der Waals surface area (Å²) in [5.74, 6) is 4.64. The van der Waals surface area contributed by atoms with E-state index in [0.29, 0.717) is 12.2 Å². The van der Waals surface area contributed by atoms with Gasteiger partial charge in [0.15, 0.2) is 11.9 Å². The number of hydrogen-bond acceptors (Lipinski definition) is 10. The molecule has 2 heterocycles. The van der Waals surface area contributed by atoms with Crippen LogP contribution in [0.4, 0.5) is 0 Å². The van der Waals surface area contributed by atoms with E-state index in [1.54, 1.807) is 51.1 Å². The van der Waals surface area contributed by atoms with Crippen molar-refractivity contribution in [1.82, 2.24) is 14.6 Å². The Morgan fingerprint density at radius 2 is 2.00 bits per heavy atom. The van der Waals surface area contributed by atoms with Crippen LogP contribution in [0.2, 0.25) is 0 Å². The number of aliphatic hydroxyl groups is 2. The molecule has 1 aromatic heterocycles. The minimum atomic E-state index is -3.56. The fourth-order valence-corrected chi connectivity index (χ4v) is 5.65. The number of nitrogens with one attached hydrogen (secondary N) is 2. The smallest absolute Gasteiger partial charge is 0.365 e. The summed E-state index contributed by atoms with van der Waals surface area (Å²) in [6.07, 6.45) is -1.33. The Labute approximate surface area is 229 Å². The summed E-state index contributed by atoms with van der Waals surface area (Å²) in [5, 5.41) is 25.1. The zero-order valence-electron chi connectivity index (χ0n) is 21.7. The molecule has 2 aromatic rings. The Morgan fingerprint density at radius 1 is 1.31 bits per heavy atom. The van der Waals surface area contributed by atoms with Crippen LogP contribution in [-0.4, -0.2) is 49.6 Å². The van der Waals surface area contributed by atoms with Gasteiger partial charge in [-0.15, -0.1) is 5.92 Å². The molecule has 1 saturated heterocycles. The predicted octanol–water partition coefficient (Wildman–Crippen LogP) is 1.66. The molecule has 2 unspecified atom stereocenters. The average molecular weight is 580 g/mol. The van der Waals surface area contributed by atoms with Crippen LogP contribution in [-0.2, 0) is 30.6 Å². The maximum absolute atomic E-state index is 12.4. The van der Waals surface area contributed by atoms with E-state index in [0.717, 1.165) is 23.1 Å². The number of carbonyl (C=O) groups is 1. The number of H-pyrrole nitrogens is 1. The van der Waals surface area contributed by atoms with Crippen molar-refractivity contribution in [2.45, 2.75) is 64.2 Å². The van der Waals surface area contributed by atoms with Gasteiger partial charge in [0.25, 0.3) is 5.56 Å². The minimum absolute atomic E-state index is 0.323. The van der Waals surface area contributed by atoms with Gasteiger partial charge in [0.05, 0.1) is 6.10 Å². The van der Waals surface area contributed by atoms with Crippen LogP contribution in [0.25, 0.3) is 0 Å². The van der Waals surface area contributed by atoms with Gasteiger partial charge in [-0.05, 0) is 32.9 Å². The Balaban J connectivity index is 1.97. The molecule has 4 N–H and O–H groups in total. The van der Waals surface area contributed by atoms with Crippen LogP contribution in [0.15, 0.2) is 64.2 Å². The minimum Gasteiger partial charge on any atom is -0.464 e. The standard InChI is InChI=1S/C25H30N3O9PS/c1-5-6-13-25(33)21(30)19(36-23(25)28-14-12-20(29)26-24(28)32)15-34-38(39,37-18-10-8-7-9-11-18)27-17(4)22(31)35-16(2)3/h7-12,14-17,21,23,30,33H,5H2,1-4H3,(H,27,39)(H,26,29,32)/t17?,21-,23-,25-,38?/m1/s1. The number of para-hydroxylation sites is 1. The second-order valence-corrected chi connectivity index (χ2v) is 11.8. The summed E-state index contributed by atoms with van der Waals surface area (Å²) >= 11 is 5.63. The SMILES string of the molecule is CCC#C[C@@]1(O)[C@H](O)C(=COP(=S)(NC(C)C(=O)OC(C)C)Oc2ccccc2)O[C@H]1n1ccc(=O)[nH]c1=O. The third-order valence-electron chi connectivity index (χ3n) is 5.21. The first kappa shape index (κ1) is 30.1. The number of benzene rings is 1. The number of carbonyl (C=O) groups excluding carboxylic acids is 1. The van der Waals surface area contributed by atoms with E-state index < -0.39 is 47.8 Å². The molecule has 0 aliphatic carbocycles. The van der Waals surface area contributed by atoms with Crippen molar-refractivity contribution in [1.29, 1.82) is 0 Å². The molecular formula is C25H30N3O9PS. The predicted molar refractivity (Wildman–Crippen MR) is 145 cm³/mol. The van der Waals surface area contributed by atoms with Gasteiger partial charge in [0.2, 0.25) is 11.8 Å². The van der Waals surface area contributed by atoms with E-state index in [1.807, 2.05) is 0 Å². The van der Waals surface area contributed by atoms with Gasteiger partial charge in [-0.3, -0.25) is 19.1 Å². The lowest BCUT2D eigenvalue weighted by Gasteiger charge is -2.26. The van der Waals surface area contributed by atoms with Crippen molar-refractivity contribution in [3.63, 3.8) is 0 Å². The van der Waals surface area contributed by atoms with E-state index in [-0.39, 0.29) is 11.9 Å². The first-order valence-electron chi connectivity index (χ1n) is 12.0. The van der Waals surface area contributed by atoms with E-state index in [9.17, 15) is 24.6 Å². The third kappa shape index (κ3) is 7.38. The maximum atomic E-state index is 12.4. The highest BCUT2D eigenvalue weighted by Gasteiger charge is 2.55. The molecule has 1 fully saturated rings. The van der Waals surface area contributed by atoms with Crippen molar-refractivity contribution in [3.8, 4) is 17.6 Å². The second-order valence-electron chi connectivity index (χ2n) is 8.73. The van der Waals surface area contributed by atoms with E-state index in [1.165, 1.54) is 6.92 Å². The molecule has 1 aliphatic heterocycles. The van der Waals surface area contributed by atoms with Gasteiger partial charge in [0, 0.05) is 30.5 Å². The number of ether oxygens (including phenoxy) is 2. The van der Waals surface area contributed by atoms with Crippen LogP contribution in [0, 0.1) is 11.8 Å². The molecular weight excluding hydrogens is 549 g/mol. The van der Waals surface area contributed by atoms with Crippen LogP contribution in [0.3, 0.4) is 0 Å². The molecule has 0 spiro atoms. The molecule has 1 aliphatic rings. The molecule has 1 aromatic carbocycles. The van der Waals surface area contributed by atoms with E-state index in [4.69, 9.17) is 30.3 Å². The van der Waals surface area contributed by atoms with E-state index >= 15 is 0 Å². The fraction of sp³-hybridized carbons (Fsp3) is 0.400. The largest absolute Gasteiger partial charge is 0.464 e. The lowest BCUT2D eigenvalue weighted by Crippen LogP contribution is -2.46. The Kier molecular flexibility index (Phi) is 9.77. The first-order valence-corrected chi connectivity index (χ1v) is 14.6. The molecule has 12 nitrogen and oxygen atoms in total. The lowest BCUT2D eigenvalue weighted by molar-refractivity contribution is -0.149. The van der Waals surface area contributed by atoms with Crippen molar-refractivity contribution < 1.29 is 33.5 Å². The van der Waals surface area contributed by atoms with Crippen molar-refractivity contribution in [2.24, 2.45) is 0 Å². The number of aromatic nitrogens is 2. The molecule has 39 heavy (non-hydrogen) atoms. The first-order chi connectivity index (χ1) is 18.4. The van der Waals surface area contributed by atoms with Gasteiger partial charge >= 0.3 is 18.3 Å². The van der Waals surface area contributed by atoms with Crippen LogP contribution in [0.5, 0.6) is 5.75 Å². The highest BCUT2D eigenvalue weighted by Crippen LogP contribution is 2.47. The molecule has 0 saturated carbocycles. The number of nitrogens with zero attached hydrogens (tertiary/aromatic N) is 1. The van der Waals surface area contributed by atoms with Crippen LogP contribution in [0.1, 0.15) is 40.3 Å². The van der Waals surface area contributed by atoms with Gasteiger partial charge in [-0.2, -0.15) is 0 Å². The van der Waals surface area contributed by atoms with Gasteiger partial charge in [0.1, 0.15) is 18.1 Å². The summed E-state index contributed by atoms with van der Waals surface area (Å²) in [4.78, 5) is 38.5. The molecule has 210 valence electrons. The molecule has 14 heteroatoms. The highest BCUT2D eigenvalue weighted by molar-refractivity contribution is 8.09. The lowest BCUT2D eigenvalue weighted by atomic mass is 9.96. The molecule has 0 amide bonds. The number of hydrogen-bond donors (Lipinski definition) is 4. The number of aromatic amines is 1. The van der Waals surface area contributed by atoms with Crippen molar-refractivity contribution >= 4 is 24.4 Å². The Hall–Kier alpha value is -3.40. The topological polar surface area (TPSA) is 161 Å². The van der Waals surface area contributed by atoms with Crippen LogP contribution < -0.4 is 20.9 Å². The Bertz CT molecular complexity index is 1430. The normalized spacial score (nSPS) is 23.7. The Morgan fingerprint density at radius 3 is 2.62 bits per heavy atom. The molecule has 0 bridgehead atoms. The van der Waals surface area contributed by atoms with Gasteiger partial charge < -0.3 is 28.7 Å². The number of aliphatic hydroxyl groups excluding tert-OH is 1. The van der Waals surface area contributed by atoms with Gasteiger partial charge in [-0.1, -0.05) is 31.0 Å². The zero-order chi connectivity index (χ0) is 28.8. The summed E-state index contributed by atoms with van der Waals surface area (Å²) < 4.78 is 23.5. The monoisotopic (exact) mass is 579 g/mol. The summed E-state index contributed by atoms with van der Waals surface area (Å²) in [5.41, 5.74) is -3.85.